The molecule has 0 amide bonds. The third kappa shape index (κ3) is 3.47. The van der Waals surface area contributed by atoms with Crippen LogP contribution in [0, 0.1) is 6.92 Å². The monoisotopic (exact) mass is 330 g/mol. The first-order chi connectivity index (χ1) is 8.86. The molecule has 0 aliphatic rings. The van der Waals surface area contributed by atoms with E-state index in [-0.39, 0.29) is 0 Å². The first-order valence-corrected chi connectivity index (χ1v) is 6.22. The zero-order valence-corrected chi connectivity index (χ0v) is 11.5. The van der Waals surface area contributed by atoms with E-state index in [1.165, 1.54) is 6.07 Å². The summed E-state index contributed by atoms with van der Waals surface area (Å²) in [4.78, 5) is 4.13. The number of hydrogen-bond donors (Lipinski definition) is 1. The van der Waals surface area contributed by atoms with Crippen LogP contribution >= 0.6 is 15.9 Å². The average Bonchev–Trinajstić information content (AvgIpc) is 2.32. The highest BCUT2D eigenvalue weighted by molar-refractivity contribution is 9.10. The molecule has 0 aliphatic carbocycles. The number of halogens is 4. The zero-order valence-electron chi connectivity index (χ0n) is 9.92. The van der Waals surface area contributed by atoms with Crippen molar-refractivity contribution in [2.24, 2.45) is 0 Å². The largest absolute Gasteiger partial charge is 0.416 e. The number of hydrogen-bond acceptors (Lipinski definition) is 2. The van der Waals surface area contributed by atoms with E-state index in [1.54, 1.807) is 12.3 Å². The van der Waals surface area contributed by atoms with Gasteiger partial charge in [0.15, 0.2) is 0 Å². The minimum atomic E-state index is -4.35. The van der Waals surface area contributed by atoms with E-state index in [9.17, 15) is 13.2 Å². The lowest BCUT2D eigenvalue weighted by Crippen LogP contribution is -2.05. The molecule has 0 spiro atoms. The van der Waals surface area contributed by atoms with Gasteiger partial charge in [-0.05, 0) is 52.7 Å². The summed E-state index contributed by atoms with van der Waals surface area (Å²) in [7, 11) is 0. The molecule has 100 valence electrons. The second kappa shape index (κ2) is 5.21. The molecule has 0 radical (unpaired) electrons. The molecule has 19 heavy (non-hydrogen) atoms. The van der Waals surface area contributed by atoms with Gasteiger partial charge in [0.2, 0.25) is 0 Å². The number of aryl methyl sites for hydroxylation is 1. The van der Waals surface area contributed by atoms with Crippen molar-refractivity contribution in [3.63, 3.8) is 0 Å². The van der Waals surface area contributed by atoms with Crippen LogP contribution in [0.15, 0.2) is 41.0 Å². The van der Waals surface area contributed by atoms with Gasteiger partial charge in [-0.25, -0.2) is 4.98 Å². The van der Waals surface area contributed by atoms with Crippen LogP contribution in [0.1, 0.15) is 11.1 Å². The fourth-order valence-electron chi connectivity index (χ4n) is 1.58. The number of alkyl halides is 3. The maximum absolute atomic E-state index is 12.6. The molecule has 0 unspecified atom stereocenters. The average molecular weight is 331 g/mol. The molecule has 0 fully saturated rings. The zero-order chi connectivity index (χ0) is 14.0. The number of nitrogens with one attached hydrogen (secondary N) is 1. The molecule has 0 bridgehead atoms. The van der Waals surface area contributed by atoms with Crippen molar-refractivity contribution in [3.8, 4) is 0 Å². The van der Waals surface area contributed by atoms with Gasteiger partial charge < -0.3 is 5.32 Å². The van der Waals surface area contributed by atoms with Crippen LogP contribution in [0.3, 0.4) is 0 Å². The summed E-state index contributed by atoms with van der Waals surface area (Å²) in [5.41, 5.74) is 0.506. The van der Waals surface area contributed by atoms with Gasteiger partial charge >= 0.3 is 6.18 Å². The van der Waals surface area contributed by atoms with E-state index in [0.29, 0.717) is 11.5 Å². The Hall–Kier alpha value is -1.56. The van der Waals surface area contributed by atoms with Crippen LogP contribution in [0.2, 0.25) is 0 Å². The molecule has 2 rings (SSSR count). The molecule has 6 heteroatoms. The maximum atomic E-state index is 12.6. The number of pyridine rings is 1. The molecule has 2 aromatic rings. The second-order valence-electron chi connectivity index (χ2n) is 4.02. The Morgan fingerprint density at radius 3 is 2.58 bits per heavy atom. The Morgan fingerprint density at radius 1 is 1.21 bits per heavy atom. The van der Waals surface area contributed by atoms with E-state index in [0.717, 1.165) is 22.2 Å². The molecule has 1 N–H and O–H groups in total. The van der Waals surface area contributed by atoms with Gasteiger partial charge in [-0.3, -0.25) is 0 Å². The smallest absolute Gasteiger partial charge is 0.340 e. The lowest BCUT2D eigenvalue weighted by Gasteiger charge is -2.11. The van der Waals surface area contributed by atoms with Crippen molar-refractivity contribution in [1.29, 1.82) is 0 Å². The number of anilines is 2. The van der Waals surface area contributed by atoms with Gasteiger partial charge in [-0.1, -0.05) is 6.07 Å². The first kappa shape index (κ1) is 13.9. The molecular formula is C13H10BrF3N2. The third-order valence-electron chi connectivity index (χ3n) is 2.50. The van der Waals surface area contributed by atoms with Crippen molar-refractivity contribution in [2.45, 2.75) is 13.1 Å². The van der Waals surface area contributed by atoms with Crippen LogP contribution in [-0.4, -0.2) is 4.98 Å². The molecular weight excluding hydrogens is 321 g/mol. The van der Waals surface area contributed by atoms with E-state index in [4.69, 9.17) is 0 Å². The maximum Gasteiger partial charge on any atom is 0.416 e. The summed E-state index contributed by atoms with van der Waals surface area (Å²) in [6.07, 6.45) is -2.76. The van der Waals surface area contributed by atoms with Crippen LogP contribution in [-0.2, 0) is 6.18 Å². The van der Waals surface area contributed by atoms with Crippen molar-refractivity contribution in [2.75, 3.05) is 5.32 Å². The molecule has 0 aliphatic heterocycles. The fourth-order valence-corrected chi connectivity index (χ4v) is 2.03. The van der Waals surface area contributed by atoms with Gasteiger partial charge in [-0.15, -0.1) is 0 Å². The lowest BCUT2D eigenvalue weighted by molar-refractivity contribution is -0.137. The van der Waals surface area contributed by atoms with Crippen molar-refractivity contribution in [1.82, 2.24) is 4.98 Å². The summed E-state index contributed by atoms with van der Waals surface area (Å²) in [6, 6.07) is 6.86. The van der Waals surface area contributed by atoms with E-state index in [2.05, 4.69) is 26.2 Å². The van der Waals surface area contributed by atoms with Crippen molar-refractivity contribution >= 4 is 27.4 Å². The van der Waals surface area contributed by atoms with Crippen LogP contribution < -0.4 is 5.32 Å². The Labute approximate surface area is 116 Å². The van der Waals surface area contributed by atoms with Crippen molar-refractivity contribution in [3.05, 3.63) is 52.1 Å². The fraction of sp³-hybridized carbons (Fsp3) is 0.154. The van der Waals surface area contributed by atoms with Crippen molar-refractivity contribution < 1.29 is 13.2 Å². The Balaban J connectivity index is 2.29. The second-order valence-corrected chi connectivity index (χ2v) is 4.94. The van der Waals surface area contributed by atoms with Gasteiger partial charge in [0, 0.05) is 16.4 Å². The van der Waals surface area contributed by atoms with Crippen LogP contribution in [0.25, 0.3) is 0 Å². The standard InChI is InChI=1S/C13H10BrF3N2/c1-8-5-10(14)7-18-12(8)19-11-4-2-3-9(6-11)13(15,16)17/h2-7H,1H3,(H,18,19). The number of rotatable bonds is 2. The summed E-state index contributed by atoms with van der Waals surface area (Å²) in [5, 5.41) is 2.88. The van der Waals surface area contributed by atoms with Gasteiger partial charge in [0.25, 0.3) is 0 Å². The molecule has 0 saturated heterocycles. The van der Waals surface area contributed by atoms with Gasteiger partial charge in [0.1, 0.15) is 5.82 Å². The lowest BCUT2D eigenvalue weighted by atomic mass is 10.2. The van der Waals surface area contributed by atoms with E-state index >= 15 is 0 Å². The Bertz CT molecular complexity index is 597. The summed E-state index contributed by atoms with van der Waals surface area (Å²) >= 11 is 3.28. The molecule has 0 atom stereocenters. The summed E-state index contributed by atoms with van der Waals surface area (Å²) in [6.45, 7) is 1.83. The van der Waals surface area contributed by atoms with Gasteiger partial charge in [-0.2, -0.15) is 13.2 Å². The van der Waals surface area contributed by atoms with E-state index < -0.39 is 11.7 Å². The SMILES string of the molecule is Cc1cc(Br)cnc1Nc1cccc(C(F)(F)F)c1. The van der Waals surface area contributed by atoms with E-state index in [1.807, 2.05) is 13.0 Å². The first-order valence-electron chi connectivity index (χ1n) is 5.43. The summed E-state index contributed by atoms with van der Waals surface area (Å²) < 4.78 is 38.6. The number of benzene rings is 1. The van der Waals surface area contributed by atoms with Gasteiger partial charge in [0.05, 0.1) is 5.56 Å². The minimum Gasteiger partial charge on any atom is -0.340 e. The number of nitrogens with zero attached hydrogens (tertiary/aromatic N) is 1. The predicted octanol–water partition coefficient (Wildman–Crippen LogP) is 4.91. The van der Waals surface area contributed by atoms with Crippen LogP contribution in [0.4, 0.5) is 24.7 Å². The Kier molecular flexibility index (Phi) is 3.80. The third-order valence-corrected chi connectivity index (χ3v) is 2.93. The molecule has 2 nitrogen and oxygen atoms in total. The minimum absolute atomic E-state index is 0.354. The topological polar surface area (TPSA) is 24.9 Å². The highest BCUT2D eigenvalue weighted by Crippen LogP contribution is 2.31. The molecule has 1 aromatic carbocycles. The normalized spacial score (nSPS) is 11.4. The molecule has 1 aromatic heterocycles. The predicted molar refractivity (Wildman–Crippen MR) is 71.4 cm³/mol. The Morgan fingerprint density at radius 2 is 1.95 bits per heavy atom. The number of aromatic nitrogens is 1. The quantitative estimate of drug-likeness (QED) is 0.845. The molecule has 1 heterocycles. The van der Waals surface area contributed by atoms with Crippen LogP contribution in [0.5, 0.6) is 0 Å². The highest BCUT2D eigenvalue weighted by atomic mass is 79.9. The highest BCUT2D eigenvalue weighted by Gasteiger charge is 2.30. The molecule has 0 saturated carbocycles. The summed E-state index contributed by atoms with van der Waals surface area (Å²) in [5.74, 6) is 0.530.